The molecule has 0 saturated heterocycles. The van der Waals surface area contributed by atoms with E-state index in [4.69, 9.17) is 4.42 Å². The summed E-state index contributed by atoms with van der Waals surface area (Å²) in [4.78, 5) is 0. The number of aromatic hydroxyl groups is 7. The minimum atomic E-state index is -0.986. The summed E-state index contributed by atoms with van der Waals surface area (Å²) in [6.07, 6.45) is 6.03. The highest BCUT2D eigenvalue weighted by molar-refractivity contribution is 6.30. The fourth-order valence-electron chi connectivity index (χ4n) is 9.14. The summed E-state index contributed by atoms with van der Waals surface area (Å²) < 4.78 is 6.31. The highest BCUT2D eigenvalue weighted by Crippen LogP contribution is 2.62. The smallest absolute Gasteiger partial charge is 0.204 e. The topological polar surface area (TPSA) is 155 Å². The molecule has 1 aromatic heterocycles. The Hall–Kier alpha value is -8.10. The highest BCUT2D eigenvalue weighted by Gasteiger charge is 2.33. The van der Waals surface area contributed by atoms with Crippen LogP contribution in [0.3, 0.4) is 0 Å². The van der Waals surface area contributed by atoms with Crippen LogP contribution in [-0.4, -0.2) is 35.7 Å². The van der Waals surface area contributed by atoms with E-state index in [9.17, 15) is 35.7 Å². The normalized spacial score (nSPS) is 12.6. The van der Waals surface area contributed by atoms with Gasteiger partial charge in [0.15, 0.2) is 23.0 Å². The van der Waals surface area contributed by atoms with E-state index in [-0.39, 0.29) is 38.2 Å². The molecule has 0 aliphatic heterocycles. The van der Waals surface area contributed by atoms with Gasteiger partial charge in [-0.1, -0.05) is 109 Å². The summed E-state index contributed by atoms with van der Waals surface area (Å²) in [7, 11) is 0. The minimum absolute atomic E-state index is 0.0150. The van der Waals surface area contributed by atoms with Crippen LogP contribution >= 0.6 is 0 Å². The van der Waals surface area contributed by atoms with Crippen molar-refractivity contribution >= 4 is 60.3 Å². The molecule has 0 amide bonds. The molecule has 0 fully saturated rings. The van der Waals surface area contributed by atoms with Gasteiger partial charge in [0.1, 0.15) is 16.9 Å². The lowest BCUT2D eigenvalue weighted by molar-refractivity contribution is 0.351. The van der Waals surface area contributed by atoms with Crippen LogP contribution in [-0.2, 0) is 6.42 Å². The van der Waals surface area contributed by atoms with Crippen molar-refractivity contribution in [3.63, 3.8) is 0 Å². The van der Waals surface area contributed by atoms with Crippen LogP contribution in [0.1, 0.15) is 17.5 Å². The second kappa shape index (κ2) is 13.0. The third-order valence-electron chi connectivity index (χ3n) is 12.0. The largest absolute Gasteiger partial charge is 0.506 e. The molecule has 8 heteroatoms. The minimum Gasteiger partial charge on any atom is -0.506 e. The van der Waals surface area contributed by atoms with E-state index < -0.39 is 40.2 Å². The Kier molecular flexibility index (Phi) is 7.58. The van der Waals surface area contributed by atoms with Crippen molar-refractivity contribution < 1.29 is 40.2 Å². The number of aryl methyl sites for hydroxylation is 1. The van der Waals surface area contributed by atoms with Gasteiger partial charge in [0, 0.05) is 43.4 Å². The molecule has 9 aromatic carbocycles. The molecule has 290 valence electrons. The summed E-state index contributed by atoms with van der Waals surface area (Å²) in [5.41, 5.74) is 6.63. The zero-order valence-corrected chi connectivity index (χ0v) is 31.7. The molecular formula is C52H34O8. The first-order chi connectivity index (χ1) is 29.2. The molecule has 1 aliphatic rings. The molecule has 0 bridgehead atoms. The monoisotopic (exact) mass is 786 g/mol. The maximum atomic E-state index is 12.5. The number of benzene rings is 9. The molecule has 10 aromatic rings. The van der Waals surface area contributed by atoms with E-state index in [1.165, 1.54) is 5.56 Å². The Bertz CT molecular complexity index is 3490. The van der Waals surface area contributed by atoms with Crippen LogP contribution in [0.15, 0.2) is 138 Å². The zero-order chi connectivity index (χ0) is 41.0. The second-order valence-corrected chi connectivity index (χ2v) is 15.4. The molecule has 8 nitrogen and oxygen atoms in total. The predicted octanol–water partition coefficient (Wildman–Crippen LogP) is 12.6. The van der Waals surface area contributed by atoms with Gasteiger partial charge in [-0.2, -0.15) is 0 Å². The van der Waals surface area contributed by atoms with Gasteiger partial charge < -0.3 is 40.2 Å². The van der Waals surface area contributed by atoms with E-state index >= 15 is 0 Å². The van der Waals surface area contributed by atoms with Crippen LogP contribution in [0, 0.1) is 0 Å². The van der Waals surface area contributed by atoms with Crippen molar-refractivity contribution in [1.82, 2.24) is 0 Å². The summed E-state index contributed by atoms with van der Waals surface area (Å²) in [6.45, 7) is 0. The maximum Gasteiger partial charge on any atom is 0.204 e. The van der Waals surface area contributed by atoms with Gasteiger partial charge in [0.2, 0.25) is 11.5 Å². The number of allylic oxidation sites excluding steroid dienone is 1. The third-order valence-corrected chi connectivity index (χ3v) is 12.0. The summed E-state index contributed by atoms with van der Waals surface area (Å²) in [5.74, 6) is -5.17. The Morgan fingerprint density at radius 2 is 0.950 bits per heavy atom. The van der Waals surface area contributed by atoms with Crippen LogP contribution in [0.2, 0.25) is 0 Å². The second-order valence-electron chi connectivity index (χ2n) is 15.4. The van der Waals surface area contributed by atoms with Gasteiger partial charge in [-0.3, -0.25) is 0 Å². The van der Waals surface area contributed by atoms with Gasteiger partial charge in [-0.15, -0.1) is 0 Å². The summed E-state index contributed by atoms with van der Waals surface area (Å²) >= 11 is 0. The van der Waals surface area contributed by atoms with E-state index in [0.717, 1.165) is 45.7 Å². The Labute approximate surface area is 341 Å². The van der Waals surface area contributed by atoms with Gasteiger partial charge in [-0.05, 0) is 92.9 Å². The van der Waals surface area contributed by atoms with Crippen LogP contribution < -0.4 is 0 Å². The third kappa shape index (κ3) is 5.04. The number of fused-ring (bicyclic) bond motifs is 7. The molecular weight excluding hydrogens is 753 g/mol. The molecule has 1 heterocycles. The molecule has 1 aliphatic carbocycles. The average Bonchev–Trinajstić information content (AvgIpc) is 3.64. The standard InChI is InChI=1S/C52H34O8/c53-46-41(28-9-2-1-3-10-28)47(54)48(55)44-40(34-20-21-37-35(24-34)36-23-31-12-6-7-13-32(31)25-38(36)60-37)45-43(49(56)51(58)52(59)50(45)57)39(42(44)46)29-17-14-27(15-18-29)33-19-16-26-8-4-5-11-30(26)22-33/h1-6,8-12,14-25,53-59H,7,13H2. The van der Waals surface area contributed by atoms with E-state index in [1.54, 1.807) is 54.6 Å². The number of furan rings is 1. The number of phenols is 7. The van der Waals surface area contributed by atoms with Gasteiger partial charge in [-0.25, -0.2) is 0 Å². The number of phenolic OH excluding ortho intramolecular Hbond substituents is 7. The van der Waals surface area contributed by atoms with E-state index in [0.29, 0.717) is 33.2 Å². The summed E-state index contributed by atoms with van der Waals surface area (Å²) in [6, 6.07) is 39.5. The van der Waals surface area contributed by atoms with Crippen molar-refractivity contribution in [3.05, 3.63) is 145 Å². The number of hydrogen-bond donors (Lipinski definition) is 7. The fourth-order valence-corrected chi connectivity index (χ4v) is 9.14. The molecule has 0 unspecified atom stereocenters. The predicted molar refractivity (Wildman–Crippen MR) is 237 cm³/mol. The Morgan fingerprint density at radius 3 is 1.68 bits per heavy atom. The fraction of sp³-hybridized carbons (Fsp3) is 0.0385. The zero-order valence-electron chi connectivity index (χ0n) is 31.7. The quantitative estimate of drug-likeness (QED) is 0.0528. The lowest BCUT2D eigenvalue weighted by atomic mass is 9.82. The summed E-state index contributed by atoms with van der Waals surface area (Å²) in [5, 5.41) is 86.2. The lowest BCUT2D eigenvalue weighted by Crippen LogP contribution is -1.96. The van der Waals surface area contributed by atoms with Gasteiger partial charge in [0.25, 0.3) is 0 Å². The van der Waals surface area contributed by atoms with E-state index in [2.05, 4.69) is 24.3 Å². The van der Waals surface area contributed by atoms with Crippen molar-refractivity contribution in [1.29, 1.82) is 0 Å². The molecule has 0 atom stereocenters. The molecule has 0 saturated carbocycles. The van der Waals surface area contributed by atoms with Crippen molar-refractivity contribution in [3.8, 4) is 84.8 Å². The highest BCUT2D eigenvalue weighted by atomic mass is 16.3. The Balaban J connectivity index is 1.27. The molecule has 60 heavy (non-hydrogen) atoms. The first kappa shape index (κ1) is 35.1. The first-order valence-corrected chi connectivity index (χ1v) is 19.5. The number of hydrogen-bond acceptors (Lipinski definition) is 8. The van der Waals surface area contributed by atoms with Crippen LogP contribution in [0.4, 0.5) is 0 Å². The van der Waals surface area contributed by atoms with E-state index in [1.807, 2.05) is 60.7 Å². The van der Waals surface area contributed by atoms with Crippen LogP contribution in [0.25, 0.3) is 105 Å². The van der Waals surface area contributed by atoms with Crippen LogP contribution in [0.5, 0.6) is 40.2 Å². The molecule has 7 N–H and O–H groups in total. The van der Waals surface area contributed by atoms with Crippen molar-refractivity contribution in [2.45, 2.75) is 12.8 Å². The van der Waals surface area contributed by atoms with Crippen molar-refractivity contribution in [2.75, 3.05) is 0 Å². The maximum absolute atomic E-state index is 12.5. The first-order valence-electron chi connectivity index (χ1n) is 19.5. The van der Waals surface area contributed by atoms with Gasteiger partial charge >= 0.3 is 0 Å². The van der Waals surface area contributed by atoms with Gasteiger partial charge in [0.05, 0.1) is 5.56 Å². The molecule has 11 rings (SSSR count). The lowest BCUT2D eigenvalue weighted by Gasteiger charge is -2.23. The average molecular weight is 787 g/mol. The molecule has 0 radical (unpaired) electrons. The Morgan fingerprint density at radius 1 is 0.383 bits per heavy atom. The molecule has 0 spiro atoms. The number of rotatable bonds is 4. The van der Waals surface area contributed by atoms with Crippen molar-refractivity contribution in [2.24, 2.45) is 0 Å². The SMILES string of the molecule is Oc1c(O)c(O)c2c(-c3ccc(-c4ccc5ccccc5c4)cc3)c3c(O)c(-c4ccccc4)c(O)c(O)c3c(-c3ccc4oc5cc6c(cc5c4c3)C=CCC6)c2c1O.